The fourth-order valence-corrected chi connectivity index (χ4v) is 9.49. The van der Waals surface area contributed by atoms with E-state index in [1.807, 2.05) is 12.1 Å². The fraction of sp³-hybridized carbons (Fsp3) is 0. The molecule has 12 aromatic rings. The lowest BCUT2D eigenvalue weighted by Crippen LogP contribution is -2.11. The quantitative estimate of drug-likeness (QED) is 0.153. The van der Waals surface area contributed by atoms with Crippen molar-refractivity contribution in [1.29, 1.82) is 0 Å². The molecule has 0 saturated heterocycles. The number of benzene rings is 10. The molecule has 0 bridgehead atoms. The number of anilines is 3. The summed E-state index contributed by atoms with van der Waals surface area (Å²) in [7, 11) is 0. The number of fused-ring (bicyclic) bond motifs is 6. The smallest absolute Gasteiger partial charge is 0.143 e. The van der Waals surface area contributed by atoms with Gasteiger partial charge in [0.1, 0.15) is 11.2 Å². The molecule has 296 valence electrons. The van der Waals surface area contributed by atoms with Gasteiger partial charge in [0, 0.05) is 49.6 Å². The van der Waals surface area contributed by atoms with Gasteiger partial charge in [-0.3, -0.25) is 0 Å². The van der Waals surface area contributed by atoms with Crippen molar-refractivity contribution in [2.75, 3.05) is 4.90 Å². The molecule has 0 fully saturated rings. The molecule has 0 aliphatic carbocycles. The first-order valence-corrected chi connectivity index (χ1v) is 21.5. The first-order valence-electron chi connectivity index (χ1n) is 21.5. The van der Waals surface area contributed by atoms with Gasteiger partial charge in [-0.2, -0.15) is 0 Å². The van der Waals surface area contributed by atoms with E-state index in [4.69, 9.17) is 4.42 Å². The maximum absolute atomic E-state index is 6.54. The molecule has 10 aromatic carbocycles. The SMILES string of the molecule is c1ccc(-c2ccc(-c3ccc(N(c4cccc(-c5cccc6c5oc5ccccc56)c4)c4ccccc4-c4ccccc4)cc3)c(-n3c4ccccc4c4ccccc43)c2)cc1. The minimum atomic E-state index is 0.894. The number of rotatable bonds is 8. The summed E-state index contributed by atoms with van der Waals surface area (Å²) in [5.41, 5.74) is 17.6. The molecule has 0 unspecified atom stereocenters. The summed E-state index contributed by atoms with van der Waals surface area (Å²) in [6.07, 6.45) is 0. The van der Waals surface area contributed by atoms with Crippen molar-refractivity contribution in [3.05, 3.63) is 243 Å². The van der Waals surface area contributed by atoms with Crippen LogP contribution in [0, 0.1) is 0 Å². The fourth-order valence-electron chi connectivity index (χ4n) is 9.49. The third kappa shape index (κ3) is 6.29. The van der Waals surface area contributed by atoms with Crippen molar-refractivity contribution in [3.63, 3.8) is 0 Å². The molecule has 12 rings (SSSR count). The highest BCUT2D eigenvalue weighted by molar-refractivity contribution is 6.11. The van der Waals surface area contributed by atoms with Crippen molar-refractivity contribution >= 4 is 60.8 Å². The molecule has 0 atom stereocenters. The first kappa shape index (κ1) is 36.5. The summed E-state index contributed by atoms with van der Waals surface area (Å²) in [5.74, 6) is 0. The lowest BCUT2D eigenvalue weighted by molar-refractivity contribution is 0.670. The number of nitrogens with zero attached hydrogens (tertiary/aromatic N) is 2. The minimum absolute atomic E-state index is 0.894. The van der Waals surface area contributed by atoms with E-state index in [0.717, 1.165) is 78.1 Å². The van der Waals surface area contributed by atoms with Crippen LogP contribution in [0.4, 0.5) is 17.1 Å². The molecule has 0 aliphatic heterocycles. The van der Waals surface area contributed by atoms with E-state index < -0.39 is 0 Å². The minimum Gasteiger partial charge on any atom is -0.455 e. The third-order valence-corrected chi connectivity index (χ3v) is 12.4. The Morgan fingerprint density at radius 1 is 0.317 bits per heavy atom. The lowest BCUT2D eigenvalue weighted by Gasteiger charge is -2.28. The molecule has 0 radical (unpaired) electrons. The number of aromatic nitrogens is 1. The Kier molecular flexibility index (Phi) is 8.83. The Hall–Kier alpha value is -8.40. The standard InChI is InChI=1S/C60H40N2O/c1-3-17-41(18-4-1)44-35-38-49(58(40-44)62-56-30-12-8-24-51(56)52-25-9-13-31-57(52)62)43-33-36-46(37-34-43)61(55-29-11-7-23-48(55)42-19-5-2-6-20-42)47-22-15-21-45(39-47)50-27-16-28-54-53-26-10-14-32-59(53)63-60(50)54/h1-40H. The Bertz CT molecular complexity index is 3570. The molecule has 63 heavy (non-hydrogen) atoms. The van der Waals surface area contributed by atoms with E-state index in [9.17, 15) is 0 Å². The first-order chi connectivity index (χ1) is 31.3. The zero-order valence-electron chi connectivity index (χ0n) is 34.4. The zero-order chi connectivity index (χ0) is 41.7. The van der Waals surface area contributed by atoms with Gasteiger partial charge >= 0.3 is 0 Å². The second-order valence-electron chi connectivity index (χ2n) is 16.1. The molecule has 3 nitrogen and oxygen atoms in total. The van der Waals surface area contributed by atoms with Gasteiger partial charge in [-0.15, -0.1) is 0 Å². The normalized spacial score (nSPS) is 11.5. The average Bonchev–Trinajstić information content (AvgIpc) is 3.91. The van der Waals surface area contributed by atoms with Gasteiger partial charge in [0.25, 0.3) is 0 Å². The van der Waals surface area contributed by atoms with Crippen LogP contribution in [0.1, 0.15) is 0 Å². The van der Waals surface area contributed by atoms with Crippen molar-refractivity contribution in [2.45, 2.75) is 0 Å². The molecule has 0 aliphatic rings. The summed E-state index contributed by atoms with van der Waals surface area (Å²) in [6.45, 7) is 0. The number of hydrogen-bond donors (Lipinski definition) is 0. The Labute approximate surface area is 366 Å². The number of hydrogen-bond acceptors (Lipinski definition) is 2. The topological polar surface area (TPSA) is 21.3 Å². The van der Waals surface area contributed by atoms with Gasteiger partial charge in [-0.1, -0.05) is 188 Å². The van der Waals surface area contributed by atoms with E-state index in [-0.39, 0.29) is 0 Å². The van der Waals surface area contributed by atoms with Crippen LogP contribution >= 0.6 is 0 Å². The summed E-state index contributed by atoms with van der Waals surface area (Å²) >= 11 is 0. The largest absolute Gasteiger partial charge is 0.455 e. The van der Waals surface area contributed by atoms with Crippen LogP contribution in [0.25, 0.3) is 93.9 Å². The molecule has 0 amide bonds. The second-order valence-corrected chi connectivity index (χ2v) is 16.1. The van der Waals surface area contributed by atoms with Crippen LogP contribution in [-0.2, 0) is 0 Å². The Balaban J connectivity index is 1.03. The highest BCUT2D eigenvalue weighted by Gasteiger charge is 2.21. The highest BCUT2D eigenvalue weighted by Crippen LogP contribution is 2.45. The molecule has 3 heteroatoms. The molecule has 2 aromatic heterocycles. The summed E-state index contributed by atoms with van der Waals surface area (Å²) in [4.78, 5) is 2.39. The summed E-state index contributed by atoms with van der Waals surface area (Å²) in [6, 6.07) is 87.1. The monoisotopic (exact) mass is 804 g/mol. The van der Waals surface area contributed by atoms with Crippen LogP contribution in [0.15, 0.2) is 247 Å². The van der Waals surface area contributed by atoms with E-state index in [0.29, 0.717) is 0 Å². The Morgan fingerprint density at radius 2 is 0.873 bits per heavy atom. The number of para-hydroxylation sites is 5. The van der Waals surface area contributed by atoms with Crippen LogP contribution < -0.4 is 4.90 Å². The van der Waals surface area contributed by atoms with Gasteiger partial charge in [-0.25, -0.2) is 0 Å². The second kappa shape index (κ2) is 15.3. The van der Waals surface area contributed by atoms with Crippen molar-refractivity contribution in [2.24, 2.45) is 0 Å². The number of furan rings is 1. The van der Waals surface area contributed by atoms with E-state index in [1.54, 1.807) is 0 Å². The molecule has 0 spiro atoms. The maximum Gasteiger partial charge on any atom is 0.143 e. The predicted molar refractivity (Wildman–Crippen MR) is 264 cm³/mol. The molecule has 0 saturated carbocycles. The van der Waals surface area contributed by atoms with Crippen molar-refractivity contribution in [3.8, 4) is 50.2 Å². The maximum atomic E-state index is 6.54. The zero-order valence-corrected chi connectivity index (χ0v) is 34.4. The lowest BCUT2D eigenvalue weighted by atomic mass is 9.97. The van der Waals surface area contributed by atoms with Crippen LogP contribution in [0.5, 0.6) is 0 Å². The van der Waals surface area contributed by atoms with Crippen molar-refractivity contribution < 1.29 is 4.42 Å². The van der Waals surface area contributed by atoms with Crippen LogP contribution in [0.2, 0.25) is 0 Å². The highest BCUT2D eigenvalue weighted by atomic mass is 16.3. The summed E-state index contributed by atoms with van der Waals surface area (Å²) in [5, 5.41) is 4.73. The van der Waals surface area contributed by atoms with Crippen molar-refractivity contribution in [1.82, 2.24) is 4.57 Å². The van der Waals surface area contributed by atoms with Crippen LogP contribution in [0.3, 0.4) is 0 Å². The predicted octanol–water partition coefficient (Wildman–Crippen LogP) is 16.8. The van der Waals surface area contributed by atoms with Crippen LogP contribution in [-0.4, -0.2) is 4.57 Å². The average molecular weight is 805 g/mol. The molecular formula is C60H40N2O. The van der Waals surface area contributed by atoms with E-state index >= 15 is 0 Å². The van der Waals surface area contributed by atoms with Gasteiger partial charge in [0.2, 0.25) is 0 Å². The van der Waals surface area contributed by atoms with Gasteiger partial charge in [0.05, 0.1) is 22.4 Å². The summed E-state index contributed by atoms with van der Waals surface area (Å²) < 4.78 is 8.98. The third-order valence-electron chi connectivity index (χ3n) is 12.4. The van der Waals surface area contributed by atoms with E-state index in [2.05, 4.69) is 240 Å². The van der Waals surface area contributed by atoms with E-state index in [1.165, 1.54) is 32.9 Å². The van der Waals surface area contributed by atoms with Gasteiger partial charge in [-0.05, 0) is 82.4 Å². The molecular weight excluding hydrogens is 765 g/mol. The molecule has 2 heterocycles. The Morgan fingerprint density at radius 3 is 1.63 bits per heavy atom. The molecule has 0 N–H and O–H groups in total. The van der Waals surface area contributed by atoms with Gasteiger partial charge in [0.15, 0.2) is 0 Å². The van der Waals surface area contributed by atoms with Gasteiger partial charge < -0.3 is 13.9 Å².